The van der Waals surface area contributed by atoms with E-state index in [4.69, 9.17) is 15.1 Å². The van der Waals surface area contributed by atoms with Crippen molar-refractivity contribution in [1.82, 2.24) is 4.98 Å². The molecular formula is C10H8F2N2O3. The zero-order valence-corrected chi connectivity index (χ0v) is 8.78. The Morgan fingerprint density at radius 3 is 2.76 bits per heavy atom. The minimum atomic E-state index is -2.98. The number of carboxylic acids is 1. The predicted octanol–water partition coefficient (Wildman–Crippen LogP) is 1.53. The van der Waals surface area contributed by atoms with Gasteiger partial charge in [0.05, 0.1) is 25.3 Å². The Bertz CT molecular complexity index is 483. The maximum absolute atomic E-state index is 12.8. The predicted molar refractivity (Wildman–Crippen MR) is 51.8 cm³/mol. The van der Waals surface area contributed by atoms with Gasteiger partial charge in [-0.05, 0) is 0 Å². The van der Waals surface area contributed by atoms with E-state index >= 15 is 0 Å². The summed E-state index contributed by atoms with van der Waals surface area (Å²) in [6, 6.07) is 1.50. The van der Waals surface area contributed by atoms with Gasteiger partial charge < -0.3 is 9.84 Å². The van der Waals surface area contributed by atoms with Crippen molar-refractivity contribution in [3.8, 4) is 11.8 Å². The summed E-state index contributed by atoms with van der Waals surface area (Å²) in [4.78, 5) is 14.1. The highest BCUT2D eigenvalue weighted by atomic mass is 19.3. The summed E-state index contributed by atoms with van der Waals surface area (Å²) in [5, 5.41) is 17.3. The normalized spacial score (nSPS) is 10.1. The van der Waals surface area contributed by atoms with Gasteiger partial charge in [-0.3, -0.25) is 4.79 Å². The fourth-order valence-electron chi connectivity index (χ4n) is 1.38. The number of aromatic nitrogens is 1. The first kappa shape index (κ1) is 12.8. The van der Waals surface area contributed by atoms with E-state index in [1.54, 1.807) is 0 Å². The highest BCUT2D eigenvalue weighted by molar-refractivity contribution is 5.72. The Morgan fingerprint density at radius 2 is 2.35 bits per heavy atom. The lowest BCUT2D eigenvalue weighted by atomic mass is 10.0. The van der Waals surface area contributed by atoms with Gasteiger partial charge in [-0.2, -0.15) is 5.26 Å². The second-order valence-corrected chi connectivity index (χ2v) is 3.05. The average molecular weight is 242 g/mol. The highest BCUT2D eigenvalue weighted by Crippen LogP contribution is 2.31. The fourth-order valence-corrected chi connectivity index (χ4v) is 1.38. The van der Waals surface area contributed by atoms with Gasteiger partial charge in [0.2, 0.25) is 0 Å². The standard InChI is InChI=1S/C10H8F2N2O3/c1-17-7-4-14-6(3-13)9(10(11)12)5(7)2-8(15)16/h4,10H,2H2,1H3,(H,15,16). The molecule has 0 aliphatic carbocycles. The Hall–Kier alpha value is -2.23. The minimum absolute atomic E-state index is 0.0679. The van der Waals surface area contributed by atoms with Crippen LogP contribution in [0.25, 0.3) is 0 Å². The van der Waals surface area contributed by atoms with Gasteiger partial charge in [-0.25, -0.2) is 13.8 Å². The lowest BCUT2D eigenvalue weighted by molar-refractivity contribution is -0.136. The zero-order chi connectivity index (χ0) is 13.0. The molecule has 0 aliphatic rings. The van der Waals surface area contributed by atoms with Crippen molar-refractivity contribution in [1.29, 1.82) is 5.26 Å². The lowest BCUT2D eigenvalue weighted by Gasteiger charge is -2.12. The number of hydrogen-bond acceptors (Lipinski definition) is 4. The molecule has 0 amide bonds. The smallest absolute Gasteiger partial charge is 0.307 e. The van der Waals surface area contributed by atoms with Crippen LogP contribution in [0.3, 0.4) is 0 Å². The van der Waals surface area contributed by atoms with Gasteiger partial charge in [-0.15, -0.1) is 0 Å². The first-order valence-electron chi connectivity index (χ1n) is 4.47. The number of carbonyl (C=O) groups is 1. The molecule has 0 fully saturated rings. The number of carboxylic acid groups (broad SMARTS) is 1. The molecule has 0 saturated carbocycles. The van der Waals surface area contributed by atoms with Crippen LogP contribution in [0.4, 0.5) is 8.78 Å². The van der Waals surface area contributed by atoms with Crippen molar-refractivity contribution in [3.63, 3.8) is 0 Å². The highest BCUT2D eigenvalue weighted by Gasteiger charge is 2.24. The van der Waals surface area contributed by atoms with Crippen LogP contribution in [-0.2, 0) is 11.2 Å². The topological polar surface area (TPSA) is 83.2 Å². The van der Waals surface area contributed by atoms with E-state index in [1.807, 2.05) is 0 Å². The molecule has 0 unspecified atom stereocenters. The van der Waals surface area contributed by atoms with Crippen LogP contribution in [-0.4, -0.2) is 23.2 Å². The summed E-state index contributed by atoms with van der Waals surface area (Å²) in [6.07, 6.45) is -2.58. The summed E-state index contributed by atoms with van der Waals surface area (Å²) in [5.74, 6) is -1.36. The van der Waals surface area contributed by atoms with Crippen molar-refractivity contribution < 1.29 is 23.4 Å². The molecule has 0 aromatic carbocycles. The lowest BCUT2D eigenvalue weighted by Crippen LogP contribution is -2.09. The van der Waals surface area contributed by atoms with Gasteiger partial charge in [0.25, 0.3) is 6.43 Å². The maximum Gasteiger partial charge on any atom is 0.307 e. The molecule has 1 N–H and O–H groups in total. The van der Waals surface area contributed by atoms with E-state index in [0.29, 0.717) is 0 Å². The molecule has 1 aromatic heterocycles. The number of aliphatic carboxylic acids is 1. The van der Waals surface area contributed by atoms with Crippen LogP contribution >= 0.6 is 0 Å². The fraction of sp³-hybridized carbons (Fsp3) is 0.300. The summed E-state index contributed by atoms with van der Waals surface area (Å²) in [7, 11) is 1.21. The van der Waals surface area contributed by atoms with Crippen LogP contribution in [0.2, 0.25) is 0 Å². The molecule has 5 nitrogen and oxygen atoms in total. The van der Waals surface area contributed by atoms with Crippen molar-refractivity contribution in [2.75, 3.05) is 7.11 Å². The van der Waals surface area contributed by atoms with E-state index in [9.17, 15) is 13.6 Å². The quantitative estimate of drug-likeness (QED) is 0.865. The first-order chi connectivity index (χ1) is 8.01. The molecule has 0 aliphatic heterocycles. The van der Waals surface area contributed by atoms with Gasteiger partial charge >= 0.3 is 5.97 Å². The number of nitrogens with zero attached hydrogens (tertiary/aromatic N) is 2. The number of pyridine rings is 1. The summed E-state index contributed by atoms with van der Waals surface area (Å²) in [6.45, 7) is 0. The molecule has 0 atom stereocenters. The second kappa shape index (κ2) is 5.21. The first-order valence-corrected chi connectivity index (χ1v) is 4.47. The number of hydrogen-bond donors (Lipinski definition) is 1. The number of halogens is 2. The Morgan fingerprint density at radius 1 is 1.71 bits per heavy atom. The molecule has 0 saturated heterocycles. The largest absolute Gasteiger partial charge is 0.495 e. The van der Waals surface area contributed by atoms with E-state index in [2.05, 4.69) is 4.98 Å². The molecule has 90 valence electrons. The maximum atomic E-state index is 12.8. The third-order valence-corrected chi connectivity index (χ3v) is 2.06. The van der Waals surface area contributed by atoms with Crippen LogP contribution in [0, 0.1) is 11.3 Å². The van der Waals surface area contributed by atoms with E-state index in [-0.39, 0.29) is 11.3 Å². The van der Waals surface area contributed by atoms with Crippen molar-refractivity contribution in [3.05, 3.63) is 23.0 Å². The van der Waals surface area contributed by atoms with Crippen molar-refractivity contribution >= 4 is 5.97 Å². The van der Waals surface area contributed by atoms with E-state index < -0.39 is 30.1 Å². The van der Waals surface area contributed by atoms with Crippen LogP contribution in [0.1, 0.15) is 23.2 Å². The average Bonchev–Trinajstić information content (AvgIpc) is 2.27. The second-order valence-electron chi connectivity index (χ2n) is 3.05. The Kier molecular flexibility index (Phi) is 3.93. The summed E-state index contributed by atoms with van der Waals surface area (Å²) in [5.41, 5.74) is -1.40. The molecule has 0 radical (unpaired) electrons. The van der Waals surface area contributed by atoms with Gasteiger partial charge in [0, 0.05) is 5.56 Å². The van der Waals surface area contributed by atoms with Crippen molar-refractivity contribution in [2.45, 2.75) is 12.8 Å². The Balaban J connectivity index is 3.47. The summed E-state index contributed by atoms with van der Waals surface area (Å²) >= 11 is 0. The minimum Gasteiger partial charge on any atom is -0.495 e. The third kappa shape index (κ3) is 2.66. The molecule has 0 spiro atoms. The van der Waals surface area contributed by atoms with Crippen LogP contribution < -0.4 is 4.74 Å². The molecule has 7 heteroatoms. The molecule has 0 bridgehead atoms. The molecule has 1 rings (SSSR count). The van der Waals surface area contributed by atoms with Crippen molar-refractivity contribution in [2.24, 2.45) is 0 Å². The Labute approximate surface area is 95.3 Å². The molecular weight excluding hydrogens is 234 g/mol. The number of rotatable bonds is 4. The zero-order valence-electron chi connectivity index (χ0n) is 8.78. The van der Waals surface area contributed by atoms with Gasteiger partial charge in [0.15, 0.2) is 0 Å². The third-order valence-electron chi connectivity index (χ3n) is 2.06. The monoisotopic (exact) mass is 242 g/mol. The van der Waals surface area contributed by atoms with E-state index in [0.717, 1.165) is 6.20 Å². The number of ether oxygens (including phenoxy) is 1. The number of alkyl halides is 2. The van der Waals surface area contributed by atoms with Crippen LogP contribution in [0.15, 0.2) is 6.20 Å². The number of methoxy groups -OCH3 is 1. The van der Waals surface area contributed by atoms with Crippen LogP contribution in [0.5, 0.6) is 5.75 Å². The number of nitriles is 1. The SMILES string of the molecule is COc1cnc(C#N)c(C(F)F)c1CC(=O)O. The summed E-state index contributed by atoms with van der Waals surface area (Å²) < 4.78 is 30.4. The van der Waals surface area contributed by atoms with Gasteiger partial charge in [0.1, 0.15) is 17.5 Å². The molecule has 1 heterocycles. The molecule has 1 aromatic rings. The van der Waals surface area contributed by atoms with E-state index in [1.165, 1.54) is 13.2 Å². The van der Waals surface area contributed by atoms with Gasteiger partial charge in [-0.1, -0.05) is 0 Å². The molecule has 17 heavy (non-hydrogen) atoms.